The van der Waals surface area contributed by atoms with Crippen LogP contribution in [0.2, 0.25) is 0 Å². The highest BCUT2D eigenvalue weighted by atomic mass is 19.4. The third-order valence-corrected chi connectivity index (χ3v) is 3.14. The highest BCUT2D eigenvalue weighted by molar-refractivity contribution is 5.82. The van der Waals surface area contributed by atoms with Crippen LogP contribution < -0.4 is 5.32 Å². The van der Waals surface area contributed by atoms with Crippen molar-refractivity contribution in [2.45, 2.75) is 50.5 Å². The summed E-state index contributed by atoms with van der Waals surface area (Å²) in [4.78, 5) is 10.9. The van der Waals surface area contributed by atoms with Gasteiger partial charge in [0, 0.05) is 13.5 Å². The minimum absolute atomic E-state index is 0.0599. The molecule has 0 aromatic heterocycles. The van der Waals surface area contributed by atoms with Crippen molar-refractivity contribution in [3.8, 4) is 0 Å². The molecule has 1 rings (SSSR count). The number of nitrogens with one attached hydrogen (secondary N) is 1. The molecule has 1 amide bonds. The zero-order valence-electron chi connectivity index (χ0n) is 10.2. The molecule has 0 unspecified atom stereocenters. The molecule has 106 valence electrons. The quantitative estimate of drug-likeness (QED) is 0.770. The molecule has 0 aromatic rings. The van der Waals surface area contributed by atoms with Crippen molar-refractivity contribution in [2.24, 2.45) is 0 Å². The molecule has 4 atom stereocenters. The van der Waals surface area contributed by atoms with E-state index in [0.717, 1.165) is 0 Å². The maximum atomic E-state index is 12.2. The molecule has 2 N–H and O–H groups in total. The Morgan fingerprint density at radius 3 is 2.56 bits per heavy atom. The molecule has 1 aliphatic rings. The van der Waals surface area contributed by atoms with Crippen molar-refractivity contribution in [3.63, 3.8) is 0 Å². The van der Waals surface area contributed by atoms with E-state index in [4.69, 9.17) is 9.47 Å². The second-order valence-corrected chi connectivity index (χ2v) is 4.43. The Hall–Kier alpha value is -0.860. The third-order valence-electron chi connectivity index (χ3n) is 3.14. The van der Waals surface area contributed by atoms with E-state index in [1.165, 1.54) is 21.0 Å². The largest absolute Gasteiger partial charge is 0.471 e. The lowest BCUT2D eigenvalue weighted by molar-refractivity contribution is -0.246. The smallest absolute Gasteiger partial charge is 0.385 e. The summed E-state index contributed by atoms with van der Waals surface area (Å²) in [5, 5.41) is 11.8. The number of rotatable bonds is 2. The van der Waals surface area contributed by atoms with Crippen LogP contribution in [0.1, 0.15) is 20.3 Å². The van der Waals surface area contributed by atoms with Crippen molar-refractivity contribution in [3.05, 3.63) is 0 Å². The van der Waals surface area contributed by atoms with Crippen molar-refractivity contribution in [1.82, 2.24) is 5.32 Å². The number of aliphatic hydroxyl groups is 1. The monoisotopic (exact) mass is 271 g/mol. The highest BCUT2D eigenvalue weighted by Gasteiger charge is 2.49. The maximum Gasteiger partial charge on any atom is 0.471 e. The molecule has 0 aliphatic carbocycles. The lowest BCUT2D eigenvalue weighted by Gasteiger charge is -2.44. The third kappa shape index (κ3) is 3.12. The number of alkyl halides is 3. The molecule has 1 aliphatic heterocycles. The molecule has 5 nitrogen and oxygen atoms in total. The van der Waals surface area contributed by atoms with E-state index in [0.29, 0.717) is 0 Å². The van der Waals surface area contributed by atoms with Crippen molar-refractivity contribution >= 4 is 5.91 Å². The second kappa shape index (κ2) is 5.02. The van der Waals surface area contributed by atoms with Gasteiger partial charge in [-0.05, 0) is 13.8 Å². The van der Waals surface area contributed by atoms with E-state index < -0.39 is 36.1 Å². The average molecular weight is 271 g/mol. The highest BCUT2D eigenvalue weighted by Crippen LogP contribution is 2.30. The van der Waals surface area contributed by atoms with Gasteiger partial charge in [0.15, 0.2) is 6.29 Å². The number of methoxy groups -OCH3 is 1. The summed E-state index contributed by atoms with van der Waals surface area (Å²) in [6.45, 7) is 2.81. The molecule has 0 saturated carbocycles. The summed E-state index contributed by atoms with van der Waals surface area (Å²) in [5.41, 5.74) is -1.60. The number of carbonyl (C=O) groups excluding carboxylic acids is 1. The topological polar surface area (TPSA) is 67.8 Å². The standard InChI is InChI=1S/C10H16F3NO4/c1-5-9(2,16)6(4-7(17-3)18-5)14-8(15)10(11,12)13/h5-7,16H,4H2,1-3H3,(H,14,15)/t5-,6-,7+,9-/m0/s1. The van der Waals surface area contributed by atoms with Crippen LogP contribution in [-0.2, 0) is 14.3 Å². The van der Waals surface area contributed by atoms with Gasteiger partial charge in [-0.2, -0.15) is 13.2 Å². The van der Waals surface area contributed by atoms with Crippen LogP contribution in [0.5, 0.6) is 0 Å². The first-order chi connectivity index (χ1) is 8.09. The van der Waals surface area contributed by atoms with Crippen LogP contribution in [0, 0.1) is 0 Å². The normalized spacial score (nSPS) is 37.4. The number of halogens is 3. The van der Waals surface area contributed by atoms with Gasteiger partial charge in [-0.3, -0.25) is 4.79 Å². The van der Waals surface area contributed by atoms with E-state index in [1.54, 1.807) is 5.32 Å². The Morgan fingerprint density at radius 1 is 1.56 bits per heavy atom. The minimum atomic E-state index is -4.99. The van der Waals surface area contributed by atoms with Crippen molar-refractivity contribution < 1.29 is 32.5 Å². The summed E-state index contributed by atoms with van der Waals surface area (Å²) in [7, 11) is 1.33. The van der Waals surface area contributed by atoms with Crippen LogP contribution in [0.4, 0.5) is 13.2 Å². The fraction of sp³-hybridized carbons (Fsp3) is 0.900. The van der Waals surface area contributed by atoms with E-state index >= 15 is 0 Å². The zero-order chi connectivity index (χ0) is 14.1. The fourth-order valence-corrected chi connectivity index (χ4v) is 1.73. The van der Waals surface area contributed by atoms with Gasteiger partial charge >= 0.3 is 12.1 Å². The number of ether oxygens (including phenoxy) is 2. The summed E-state index contributed by atoms with van der Waals surface area (Å²) in [6, 6.07) is -1.10. The number of hydrogen-bond acceptors (Lipinski definition) is 4. The predicted octanol–water partition coefficient (Wildman–Crippen LogP) is 0.566. The Balaban J connectivity index is 2.80. The maximum absolute atomic E-state index is 12.2. The zero-order valence-corrected chi connectivity index (χ0v) is 10.2. The molecule has 8 heteroatoms. The Bertz CT molecular complexity index is 319. The summed E-state index contributed by atoms with van der Waals surface area (Å²) < 4.78 is 46.7. The lowest BCUT2D eigenvalue weighted by Crippen LogP contribution is -2.63. The van der Waals surface area contributed by atoms with Crippen LogP contribution in [0.15, 0.2) is 0 Å². The first-order valence-corrected chi connectivity index (χ1v) is 5.37. The van der Waals surface area contributed by atoms with Gasteiger partial charge in [-0.25, -0.2) is 0 Å². The number of amides is 1. The molecule has 1 heterocycles. The van der Waals surface area contributed by atoms with Crippen LogP contribution >= 0.6 is 0 Å². The molecule has 0 radical (unpaired) electrons. The molecular weight excluding hydrogens is 255 g/mol. The Morgan fingerprint density at radius 2 is 2.11 bits per heavy atom. The van der Waals surface area contributed by atoms with Crippen molar-refractivity contribution in [1.29, 1.82) is 0 Å². The van der Waals surface area contributed by atoms with E-state index in [9.17, 15) is 23.1 Å². The molecule has 0 spiro atoms. The summed E-state index contributed by atoms with van der Waals surface area (Å²) in [5.74, 6) is -2.09. The molecule has 18 heavy (non-hydrogen) atoms. The second-order valence-electron chi connectivity index (χ2n) is 4.43. The van der Waals surface area contributed by atoms with E-state index in [-0.39, 0.29) is 6.42 Å². The van der Waals surface area contributed by atoms with Gasteiger partial charge < -0.3 is 19.9 Å². The van der Waals surface area contributed by atoms with E-state index in [1.807, 2.05) is 0 Å². The summed E-state index contributed by atoms with van der Waals surface area (Å²) in [6.07, 6.45) is -6.58. The van der Waals surface area contributed by atoms with E-state index in [2.05, 4.69) is 0 Å². The lowest BCUT2D eigenvalue weighted by atomic mass is 9.86. The molecule has 1 fully saturated rings. The van der Waals surface area contributed by atoms with Gasteiger partial charge in [0.1, 0.15) is 5.60 Å². The minimum Gasteiger partial charge on any atom is -0.385 e. The van der Waals surface area contributed by atoms with Gasteiger partial charge in [-0.15, -0.1) is 0 Å². The fourth-order valence-electron chi connectivity index (χ4n) is 1.73. The van der Waals surface area contributed by atoms with Crippen LogP contribution in [-0.4, -0.2) is 48.3 Å². The first-order valence-electron chi connectivity index (χ1n) is 5.37. The molecule has 0 bridgehead atoms. The molecule has 0 aromatic carbocycles. The van der Waals surface area contributed by atoms with Gasteiger partial charge in [0.25, 0.3) is 0 Å². The Labute approximate surface area is 102 Å². The summed E-state index contributed by atoms with van der Waals surface area (Å²) >= 11 is 0. The van der Waals surface area contributed by atoms with Gasteiger partial charge in [0.2, 0.25) is 0 Å². The van der Waals surface area contributed by atoms with Gasteiger partial charge in [0.05, 0.1) is 12.1 Å². The van der Waals surface area contributed by atoms with Gasteiger partial charge in [-0.1, -0.05) is 0 Å². The van der Waals surface area contributed by atoms with Crippen molar-refractivity contribution in [2.75, 3.05) is 7.11 Å². The SMILES string of the molecule is CO[C@H]1C[C@H](NC(=O)C(F)(F)F)[C@@](C)(O)[C@H](C)O1. The average Bonchev–Trinajstić information content (AvgIpc) is 2.23. The van der Waals surface area contributed by atoms with Crippen LogP contribution in [0.25, 0.3) is 0 Å². The molecular formula is C10H16F3NO4. The number of carbonyl (C=O) groups is 1. The number of hydrogen-bond donors (Lipinski definition) is 2. The Kier molecular flexibility index (Phi) is 4.24. The molecule has 1 saturated heterocycles. The first kappa shape index (κ1) is 15.2. The van der Waals surface area contributed by atoms with Crippen LogP contribution in [0.3, 0.4) is 0 Å². The predicted molar refractivity (Wildman–Crippen MR) is 54.6 cm³/mol.